The molecular formula is C10H10Cl2S. The second-order valence-corrected chi connectivity index (χ2v) is 4.72. The predicted octanol–water partition coefficient (Wildman–Crippen LogP) is 4.41. The Hall–Kier alpha value is -0.110. The van der Waals surface area contributed by atoms with Gasteiger partial charge >= 0.3 is 0 Å². The van der Waals surface area contributed by atoms with Gasteiger partial charge in [0.15, 0.2) is 0 Å². The molecule has 0 saturated heterocycles. The summed E-state index contributed by atoms with van der Waals surface area (Å²) in [5.74, 6) is 0.811. The zero-order chi connectivity index (χ0) is 9.68. The van der Waals surface area contributed by atoms with E-state index in [0.29, 0.717) is 4.49 Å². The highest BCUT2D eigenvalue weighted by Gasteiger charge is 1.91. The number of thioether (sulfide) groups is 1. The highest BCUT2D eigenvalue weighted by atomic mass is 35.5. The summed E-state index contributed by atoms with van der Waals surface area (Å²) in [7, 11) is 0. The topological polar surface area (TPSA) is 0 Å². The van der Waals surface area contributed by atoms with Crippen molar-refractivity contribution in [3.05, 3.63) is 40.4 Å². The molecule has 0 N–H and O–H groups in total. The highest BCUT2D eigenvalue weighted by Crippen LogP contribution is 2.19. The van der Waals surface area contributed by atoms with Crippen LogP contribution in [-0.4, -0.2) is 5.75 Å². The van der Waals surface area contributed by atoms with E-state index in [1.165, 1.54) is 10.5 Å². The molecule has 1 aromatic carbocycles. The molecule has 0 amide bonds. The van der Waals surface area contributed by atoms with Crippen LogP contribution in [0, 0.1) is 6.92 Å². The largest absolute Gasteiger partial charge is 0.122 e. The molecule has 1 rings (SSSR count). The maximum Gasteiger partial charge on any atom is 0.103 e. The fourth-order valence-corrected chi connectivity index (χ4v) is 1.94. The molecule has 0 aromatic heterocycles. The van der Waals surface area contributed by atoms with E-state index < -0.39 is 0 Å². The van der Waals surface area contributed by atoms with Gasteiger partial charge in [-0.05, 0) is 25.1 Å². The fraction of sp³-hybridized carbons (Fsp3) is 0.200. The van der Waals surface area contributed by atoms with Gasteiger partial charge in [0.2, 0.25) is 0 Å². The van der Waals surface area contributed by atoms with E-state index in [4.69, 9.17) is 23.2 Å². The smallest absolute Gasteiger partial charge is 0.103 e. The van der Waals surface area contributed by atoms with Crippen molar-refractivity contribution in [2.45, 2.75) is 11.8 Å². The first-order valence-electron chi connectivity index (χ1n) is 3.89. The quantitative estimate of drug-likeness (QED) is 0.697. The molecule has 0 fully saturated rings. The van der Waals surface area contributed by atoms with Gasteiger partial charge in [-0.25, -0.2) is 0 Å². The van der Waals surface area contributed by atoms with E-state index >= 15 is 0 Å². The molecule has 0 nitrogen and oxygen atoms in total. The Bertz CT molecular complexity index is 286. The summed E-state index contributed by atoms with van der Waals surface area (Å²) in [5, 5.41) is 0. The van der Waals surface area contributed by atoms with Crippen LogP contribution in [0.25, 0.3) is 0 Å². The van der Waals surface area contributed by atoms with Gasteiger partial charge < -0.3 is 0 Å². The van der Waals surface area contributed by atoms with Gasteiger partial charge in [-0.3, -0.25) is 0 Å². The summed E-state index contributed by atoms with van der Waals surface area (Å²) in [5.41, 5.74) is 1.27. The fourth-order valence-electron chi connectivity index (χ4n) is 0.835. The molecule has 0 saturated carbocycles. The Balaban J connectivity index is 2.46. The molecule has 1 aromatic rings. The minimum atomic E-state index is 0.333. The van der Waals surface area contributed by atoms with Crippen LogP contribution >= 0.6 is 35.0 Å². The van der Waals surface area contributed by atoms with Crippen LogP contribution in [0.2, 0.25) is 0 Å². The Morgan fingerprint density at radius 3 is 2.46 bits per heavy atom. The van der Waals surface area contributed by atoms with E-state index in [0.717, 1.165) is 5.75 Å². The van der Waals surface area contributed by atoms with Crippen LogP contribution in [0.15, 0.2) is 39.7 Å². The van der Waals surface area contributed by atoms with Gasteiger partial charge in [-0.2, -0.15) is 0 Å². The van der Waals surface area contributed by atoms with Gasteiger partial charge in [0, 0.05) is 10.6 Å². The van der Waals surface area contributed by atoms with Crippen LogP contribution in [0.3, 0.4) is 0 Å². The van der Waals surface area contributed by atoms with Crippen molar-refractivity contribution in [3.63, 3.8) is 0 Å². The lowest BCUT2D eigenvalue weighted by molar-refractivity contribution is 1.38. The number of hydrogen-bond donors (Lipinski definition) is 0. The third kappa shape index (κ3) is 4.61. The highest BCUT2D eigenvalue weighted by molar-refractivity contribution is 7.99. The molecule has 0 aliphatic heterocycles. The van der Waals surface area contributed by atoms with Crippen LogP contribution in [-0.2, 0) is 0 Å². The molecule has 0 spiro atoms. The molecule has 0 atom stereocenters. The summed E-state index contributed by atoms with van der Waals surface area (Å²) in [6, 6.07) is 8.37. The van der Waals surface area contributed by atoms with E-state index in [9.17, 15) is 0 Å². The maximum atomic E-state index is 5.48. The molecular weight excluding hydrogens is 223 g/mol. The monoisotopic (exact) mass is 232 g/mol. The van der Waals surface area contributed by atoms with Gasteiger partial charge in [-0.15, -0.1) is 11.8 Å². The minimum Gasteiger partial charge on any atom is -0.122 e. The molecule has 3 heteroatoms. The van der Waals surface area contributed by atoms with Crippen molar-refractivity contribution in [3.8, 4) is 0 Å². The molecule has 0 unspecified atom stereocenters. The molecule has 0 aliphatic carbocycles. The van der Waals surface area contributed by atoms with Crippen LogP contribution in [0.5, 0.6) is 0 Å². The average Bonchev–Trinajstić information content (AvgIpc) is 2.08. The maximum absolute atomic E-state index is 5.48. The zero-order valence-corrected chi connectivity index (χ0v) is 9.59. The van der Waals surface area contributed by atoms with Crippen molar-refractivity contribution in [2.24, 2.45) is 0 Å². The van der Waals surface area contributed by atoms with Gasteiger partial charge in [0.25, 0.3) is 0 Å². The van der Waals surface area contributed by atoms with E-state index in [2.05, 4.69) is 31.2 Å². The zero-order valence-electron chi connectivity index (χ0n) is 7.26. The molecule has 70 valence electrons. The lowest BCUT2D eigenvalue weighted by atomic mass is 10.2. The first kappa shape index (κ1) is 11.0. The minimum absolute atomic E-state index is 0.333. The molecule has 0 heterocycles. The number of rotatable bonds is 3. The number of benzene rings is 1. The average molecular weight is 233 g/mol. The SMILES string of the molecule is Cc1ccc(SCC=C(Cl)Cl)cc1. The molecule has 0 aliphatic rings. The molecule has 0 radical (unpaired) electrons. The van der Waals surface area contributed by atoms with Crippen molar-refractivity contribution in [2.75, 3.05) is 5.75 Å². The summed E-state index contributed by atoms with van der Waals surface area (Å²) in [6.07, 6.45) is 1.79. The van der Waals surface area contributed by atoms with Crippen molar-refractivity contribution in [1.82, 2.24) is 0 Å². The van der Waals surface area contributed by atoms with E-state index in [1.54, 1.807) is 17.8 Å². The second kappa shape index (κ2) is 5.58. The van der Waals surface area contributed by atoms with Gasteiger partial charge in [0.1, 0.15) is 4.49 Å². The third-order valence-electron chi connectivity index (χ3n) is 1.51. The van der Waals surface area contributed by atoms with Gasteiger partial charge in [-0.1, -0.05) is 40.9 Å². The molecule has 0 bridgehead atoms. The standard InChI is InChI=1S/C10H10Cl2S/c1-8-2-4-9(5-3-8)13-7-6-10(11)12/h2-6H,7H2,1H3. The normalized spacial score (nSPS) is 9.77. The summed E-state index contributed by atoms with van der Waals surface area (Å²) in [6.45, 7) is 2.07. The third-order valence-corrected chi connectivity index (χ3v) is 2.76. The number of aryl methyl sites for hydroxylation is 1. The van der Waals surface area contributed by atoms with Crippen molar-refractivity contribution in [1.29, 1.82) is 0 Å². The Labute approximate surface area is 92.9 Å². The van der Waals surface area contributed by atoms with Crippen LogP contribution in [0.4, 0.5) is 0 Å². The van der Waals surface area contributed by atoms with Crippen LogP contribution in [0.1, 0.15) is 5.56 Å². The summed E-state index contributed by atoms with van der Waals surface area (Å²) >= 11 is 12.7. The first-order chi connectivity index (χ1) is 6.18. The Kier molecular flexibility index (Phi) is 4.71. The van der Waals surface area contributed by atoms with Gasteiger partial charge in [0.05, 0.1) is 0 Å². The predicted molar refractivity (Wildman–Crippen MR) is 61.7 cm³/mol. The lowest BCUT2D eigenvalue weighted by Crippen LogP contribution is -1.75. The summed E-state index contributed by atoms with van der Waals surface area (Å²) in [4.78, 5) is 1.23. The van der Waals surface area contributed by atoms with E-state index in [1.807, 2.05) is 0 Å². The summed E-state index contributed by atoms with van der Waals surface area (Å²) < 4.78 is 0.333. The lowest BCUT2D eigenvalue weighted by Gasteiger charge is -1.98. The second-order valence-electron chi connectivity index (χ2n) is 2.62. The Morgan fingerprint density at radius 1 is 1.31 bits per heavy atom. The number of halogens is 2. The van der Waals surface area contributed by atoms with E-state index in [-0.39, 0.29) is 0 Å². The van der Waals surface area contributed by atoms with Crippen molar-refractivity contribution < 1.29 is 0 Å². The molecule has 13 heavy (non-hydrogen) atoms. The Morgan fingerprint density at radius 2 is 1.92 bits per heavy atom. The van der Waals surface area contributed by atoms with Crippen molar-refractivity contribution >= 4 is 35.0 Å². The van der Waals surface area contributed by atoms with Crippen LogP contribution < -0.4 is 0 Å². The number of hydrogen-bond acceptors (Lipinski definition) is 1. The first-order valence-corrected chi connectivity index (χ1v) is 5.63.